The number of carbonyl (C=O) groups excluding carboxylic acids is 1. The first kappa shape index (κ1) is 12.8. The van der Waals surface area contributed by atoms with E-state index in [9.17, 15) is 18.0 Å². The lowest BCUT2D eigenvalue weighted by Gasteiger charge is -2.12. The normalized spacial score (nSPS) is 10.8. The van der Waals surface area contributed by atoms with Crippen molar-refractivity contribution in [1.82, 2.24) is 0 Å². The quantitative estimate of drug-likeness (QED) is 0.859. The van der Waals surface area contributed by atoms with Crippen LogP contribution >= 0.6 is 0 Å². The summed E-state index contributed by atoms with van der Waals surface area (Å²) < 4.78 is 42.0. The highest BCUT2D eigenvalue weighted by Gasteiger charge is 2.33. The van der Waals surface area contributed by atoms with Crippen molar-refractivity contribution in [3.63, 3.8) is 0 Å². The Labute approximate surface area is 94.4 Å². The Bertz CT molecular complexity index is 503. The highest BCUT2D eigenvalue weighted by atomic mass is 19.4. The van der Waals surface area contributed by atoms with Gasteiger partial charge in [0.15, 0.2) is 0 Å². The zero-order valence-electron chi connectivity index (χ0n) is 8.63. The minimum atomic E-state index is -4.63. The molecule has 17 heavy (non-hydrogen) atoms. The van der Waals surface area contributed by atoms with E-state index in [1.807, 2.05) is 0 Å². The number of carbonyl (C=O) groups is 1. The van der Waals surface area contributed by atoms with Crippen molar-refractivity contribution < 1.29 is 22.7 Å². The molecule has 0 heterocycles. The number of methoxy groups -OCH3 is 1. The summed E-state index contributed by atoms with van der Waals surface area (Å²) in [6, 6.07) is 2.67. The maximum Gasteiger partial charge on any atom is 0.416 e. The third kappa shape index (κ3) is 2.47. The van der Waals surface area contributed by atoms with Gasteiger partial charge in [-0.3, -0.25) is 4.79 Å². The predicted molar refractivity (Wildman–Crippen MR) is 51.2 cm³/mol. The first-order chi connectivity index (χ1) is 7.81. The number of ether oxygens (including phenoxy) is 1. The highest BCUT2D eigenvalue weighted by Crippen LogP contribution is 2.34. The topological polar surface area (TPSA) is 76.1 Å². The lowest BCUT2D eigenvalue weighted by atomic mass is 10.0. The van der Waals surface area contributed by atoms with Crippen LogP contribution < -0.4 is 10.5 Å². The summed E-state index contributed by atoms with van der Waals surface area (Å²) in [4.78, 5) is 11.0. The van der Waals surface area contributed by atoms with Gasteiger partial charge in [0.25, 0.3) is 5.91 Å². The van der Waals surface area contributed by atoms with Crippen molar-refractivity contribution in [3.05, 3.63) is 28.8 Å². The van der Waals surface area contributed by atoms with Crippen LogP contribution in [0, 0.1) is 11.3 Å². The first-order valence-electron chi connectivity index (χ1n) is 4.30. The van der Waals surface area contributed by atoms with Crippen LogP contribution in [0.3, 0.4) is 0 Å². The molecule has 0 aliphatic carbocycles. The van der Waals surface area contributed by atoms with Gasteiger partial charge in [0.05, 0.1) is 23.8 Å². The Hall–Kier alpha value is -2.23. The molecule has 2 N–H and O–H groups in total. The van der Waals surface area contributed by atoms with E-state index in [-0.39, 0.29) is 11.3 Å². The molecule has 4 nitrogen and oxygen atoms in total. The van der Waals surface area contributed by atoms with Crippen molar-refractivity contribution >= 4 is 5.91 Å². The average Bonchev–Trinajstić information content (AvgIpc) is 2.25. The predicted octanol–water partition coefficient (Wildman–Crippen LogP) is 1.68. The second kappa shape index (κ2) is 4.33. The van der Waals surface area contributed by atoms with Crippen LogP contribution in [0.15, 0.2) is 12.1 Å². The van der Waals surface area contributed by atoms with Crippen LogP contribution in [0.2, 0.25) is 0 Å². The zero-order chi connectivity index (χ0) is 13.2. The van der Waals surface area contributed by atoms with Gasteiger partial charge in [0.1, 0.15) is 11.8 Å². The molecule has 0 saturated carbocycles. The summed E-state index contributed by atoms with van der Waals surface area (Å²) in [7, 11) is 1.09. The van der Waals surface area contributed by atoms with Gasteiger partial charge in [0.2, 0.25) is 0 Å². The molecular formula is C10H7F3N2O2. The number of alkyl halides is 3. The summed E-state index contributed by atoms with van der Waals surface area (Å²) >= 11 is 0. The van der Waals surface area contributed by atoms with Gasteiger partial charge >= 0.3 is 6.18 Å². The molecule has 90 valence electrons. The zero-order valence-corrected chi connectivity index (χ0v) is 8.63. The molecule has 0 aliphatic heterocycles. The van der Waals surface area contributed by atoms with Crippen LogP contribution in [-0.4, -0.2) is 13.0 Å². The highest BCUT2D eigenvalue weighted by molar-refractivity contribution is 5.98. The molecule has 7 heteroatoms. The Morgan fingerprint density at radius 2 is 2.06 bits per heavy atom. The number of hydrogen-bond acceptors (Lipinski definition) is 3. The van der Waals surface area contributed by atoms with E-state index in [0.717, 1.165) is 7.11 Å². The van der Waals surface area contributed by atoms with Crippen molar-refractivity contribution in [1.29, 1.82) is 5.26 Å². The number of halogens is 3. The summed E-state index contributed by atoms with van der Waals surface area (Å²) in [6.45, 7) is 0. The maximum absolute atomic E-state index is 12.5. The SMILES string of the molecule is COc1cc(C(F)(F)F)cc(C#N)c1C(N)=O. The van der Waals surface area contributed by atoms with Gasteiger partial charge in [0, 0.05) is 0 Å². The molecule has 0 atom stereocenters. The molecular weight excluding hydrogens is 237 g/mol. The number of benzene rings is 1. The molecule has 0 radical (unpaired) electrons. The maximum atomic E-state index is 12.5. The van der Waals surface area contributed by atoms with Crippen LogP contribution in [0.1, 0.15) is 21.5 Å². The van der Waals surface area contributed by atoms with Crippen LogP contribution in [0.4, 0.5) is 13.2 Å². The summed E-state index contributed by atoms with van der Waals surface area (Å²) in [5.74, 6) is -1.39. The summed E-state index contributed by atoms with van der Waals surface area (Å²) in [5.41, 5.74) is 3.07. The van der Waals surface area contributed by atoms with E-state index in [0.29, 0.717) is 12.1 Å². The number of nitrogens with zero attached hydrogens (tertiary/aromatic N) is 1. The number of rotatable bonds is 2. The molecule has 0 aliphatic rings. The molecule has 0 spiro atoms. The van der Waals surface area contributed by atoms with Crippen molar-refractivity contribution in [2.45, 2.75) is 6.18 Å². The van der Waals surface area contributed by atoms with Crippen LogP contribution in [0.5, 0.6) is 5.75 Å². The molecule has 1 rings (SSSR count). The fourth-order valence-corrected chi connectivity index (χ4v) is 1.28. The van der Waals surface area contributed by atoms with Gasteiger partial charge in [-0.2, -0.15) is 18.4 Å². The average molecular weight is 244 g/mol. The molecule has 1 amide bonds. The standard InChI is InChI=1S/C10H7F3N2O2/c1-17-7-3-6(10(11,12)13)2-5(4-14)8(7)9(15)16/h2-3H,1H3,(H2,15,16). The molecule has 0 unspecified atom stereocenters. The minimum Gasteiger partial charge on any atom is -0.496 e. The first-order valence-corrected chi connectivity index (χ1v) is 4.30. The van der Waals surface area contributed by atoms with E-state index in [1.54, 1.807) is 0 Å². The lowest BCUT2D eigenvalue weighted by molar-refractivity contribution is -0.137. The molecule has 0 saturated heterocycles. The van der Waals surface area contributed by atoms with Crippen molar-refractivity contribution in [2.24, 2.45) is 5.73 Å². The van der Waals surface area contributed by atoms with Crippen molar-refractivity contribution in [2.75, 3.05) is 7.11 Å². The fraction of sp³-hybridized carbons (Fsp3) is 0.200. The number of amides is 1. The molecule has 1 aromatic rings. The summed E-state index contributed by atoms with van der Waals surface area (Å²) in [5, 5.41) is 8.70. The van der Waals surface area contributed by atoms with Gasteiger partial charge in [-0.15, -0.1) is 0 Å². The van der Waals surface area contributed by atoms with Gasteiger partial charge in [-0.25, -0.2) is 0 Å². The largest absolute Gasteiger partial charge is 0.496 e. The Balaban J connectivity index is 3.58. The van der Waals surface area contributed by atoms with E-state index in [4.69, 9.17) is 11.0 Å². The van der Waals surface area contributed by atoms with Gasteiger partial charge < -0.3 is 10.5 Å². The van der Waals surface area contributed by atoms with E-state index < -0.39 is 23.2 Å². The van der Waals surface area contributed by atoms with E-state index >= 15 is 0 Å². The molecule has 0 aromatic heterocycles. The fourth-order valence-electron chi connectivity index (χ4n) is 1.28. The minimum absolute atomic E-state index is 0.358. The second-order valence-electron chi connectivity index (χ2n) is 3.07. The smallest absolute Gasteiger partial charge is 0.416 e. The lowest BCUT2D eigenvalue weighted by Crippen LogP contribution is -2.16. The van der Waals surface area contributed by atoms with E-state index in [1.165, 1.54) is 6.07 Å². The van der Waals surface area contributed by atoms with Gasteiger partial charge in [-0.1, -0.05) is 0 Å². The Morgan fingerprint density at radius 1 is 1.47 bits per heavy atom. The van der Waals surface area contributed by atoms with Gasteiger partial charge in [-0.05, 0) is 12.1 Å². The summed E-state index contributed by atoms with van der Waals surface area (Å²) in [6.07, 6.45) is -4.63. The third-order valence-corrected chi connectivity index (χ3v) is 2.02. The Kier molecular flexibility index (Phi) is 3.27. The van der Waals surface area contributed by atoms with E-state index in [2.05, 4.69) is 4.74 Å². The van der Waals surface area contributed by atoms with Crippen LogP contribution in [-0.2, 0) is 6.18 Å². The number of primary amides is 1. The second-order valence-corrected chi connectivity index (χ2v) is 3.07. The number of nitriles is 1. The monoisotopic (exact) mass is 244 g/mol. The van der Waals surface area contributed by atoms with Crippen molar-refractivity contribution in [3.8, 4) is 11.8 Å². The molecule has 0 bridgehead atoms. The Morgan fingerprint density at radius 3 is 2.41 bits per heavy atom. The third-order valence-electron chi connectivity index (χ3n) is 2.02. The molecule has 0 fully saturated rings. The number of nitrogens with two attached hydrogens (primary N) is 1. The number of hydrogen-bond donors (Lipinski definition) is 1. The molecule has 1 aromatic carbocycles. The van der Waals surface area contributed by atoms with Crippen LogP contribution in [0.25, 0.3) is 0 Å².